The quantitative estimate of drug-likeness (QED) is 0.776. The number of hydrogen-bond donors (Lipinski definition) is 1. The van der Waals surface area contributed by atoms with Crippen molar-refractivity contribution >= 4 is 6.08 Å². The molecule has 0 saturated carbocycles. The third kappa shape index (κ3) is 5.00. The summed E-state index contributed by atoms with van der Waals surface area (Å²) >= 11 is 0. The van der Waals surface area contributed by atoms with Crippen LogP contribution in [-0.4, -0.2) is 10.7 Å². The standard InChI is InChI=1S/C20H17F3O/c1-19(2,24)18(13-8-15-6-4-3-5-7-15)14-16-9-11-17(12-10-16)20(21,22)23/h3-7,9-12,14,24H,1-2H3/b18-14+. The molecule has 0 aliphatic rings. The zero-order valence-corrected chi connectivity index (χ0v) is 13.4. The number of aliphatic hydroxyl groups is 1. The van der Waals surface area contributed by atoms with Crippen LogP contribution < -0.4 is 0 Å². The summed E-state index contributed by atoms with van der Waals surface area (Å²) in [5, 5.41) is 10.2. The maximum Gasteiger partial charge on any atom is 0.416 e. The van der Waals surface area contributed by atoms with Crippen molar-refractivity contribution in [3.63, 3.8) is 0 Å². The summed E-state index contributed by atoms with van der Waals surface area (Å²) in [6.45, 7) is 3.17. The Balaban J connectivity index is 2.35. The molecule has 4 heteroatoms. The zero-order chi connectivity index (χ0) is 17.8. The van der Waals surface area contributed by atoms with Gasteiger partial charge in [-0.05, 0) is 49.8 Å². The van der Waals surface area contributed by atoms with Crippen LogP contribution in [0.1, 0.15) is 30.5 Å². The molecule has 0 aliphatic carbocycles. The van der Waals surface area contributed by atoms with Crippen molar-refractivity contribution in [2.24, 2.45) is 0 Å². The molecular formula is C20H17F3O. The third-order valence-electron chi connectivity index (χ3n) is 3.32. The molecule has 0 amide bonds. The highest BCUT2D eigenvalue weighted by Gasteiger charge is 2.29. The minimum atomic E-state index is -4.37. The van der Waals surface area contributed by atoms with E-state index in [0.717, 1.165) is 17.7 Å². The fraction of sp³-hybridized carbons (Fsp3) is 0.200. The van der Waals surface area contributed by atoms with Crippen molar-refractivity contribution in [1.82, 2.24) is 0 Å². The smallest absolute Gasteiger partial charge is 0.385 e. The lowest BCUT2D eigenvalue weighted by Gasteiger charge is -2.17. The van der Waals surface area contributed by atoms with Gasteiger partial charge in [-0.25, -0.2) is 0 Å². The van der Waals surface area contributed by atoms with E-state index in [2.05, 4.69) is 11.8 Å². The van der Waals surface area contributed by atoms with E-state index >= 15 is 0 Å². The van der Waals surface area contributed by atoms with E-state index in [1.165, 1.54) is 12.1 Å². The van der Waals surface area contributed by atoms with Crippen LogP contribution in [0.3, 0.4) is 0 Å². The molecule has 0 aromatic heterocycles. The van der Waals surface area contributed by atoms with Crippen LogP contribution >= 0.6 is 0 Å². The first-order valence-electron chi connectivity index (χ1n) is 7.35. The van der Waals surface area contributed by atoms with Crippen molar-refractivity contribution in [2.45, 2.75) is 25.6 Å². The summed E-state index contributed by atoms with van der Waals surface area (Å²) < 4.78 is 37.8. The summed E-state index contributed by atoms with van der Waals surface area (Å²) in [5.41, 5.74) is -0.154. The molecule has 24 heavy (non-hydrogen) atoms. The van der Waals surface area contributed by atoms with E-state index in [-0.39, 0.29) is 0 Å². The second-order valence-electron chi connectivity index (χ2n) is 5.85. The van der Waals surface area contributed by atoms with Crippen molar-refractivity contribution in [2.75, 3.05) is 0 Å². The fourth-order valence-electron chi connectivity index (χ4n) is 1.96. The van der Waals surface area contributed by atoms with Crippen molar-refractivity contribution in [1.29, 1.82) is 0 Å². The topological polar surface area (TPSA) is 20.2 Å². The maximum atomic E-state index is 12.6. The largest absolute Gasteiger partial charge is 0.416 e. The Hall–Kier alpha value is -2.51. The Kier molecular flexibility index (Phi) is 5.16. The van der Waals surface area contributed by atoms with E-state index in [4.69, 9.17) is 0 Å². The average Bonchev–Trinajstić information content (AvgIpc) is 2.51. The molecule has 0 saturated heterocycles. The van der Waals surface area contributed by atoms with Crippen LogP contribution in [0.5, 0.6) is 0 Å². The molecule has 0 spiro atoms. The molecule has 124 valence electrons. The number of benzene rings is 2. The first kappa shape index (κ1) is 17.8. The van der Waals surface area contributed by atoms with Crippen LogP contribution in [0.25, 0.3) is 6.08 Å². The Bertz CT molecular complexity index is 768. The van der Waals surface area contributed by atoms with Crippen molar-refractivity contribution in [3.05, 3.63) is 76.9 Å². The molecule has 0 unspecified atom stereocenters. The first-order valence-corrected chi connectivity index (χ1v) is 7.35. The fourth-order valence-corrected chi connectivity index (χ4v) is 1.96. The minimum absolute atomic E-state index is 0.422. The predicted octanol–water partition coefficient (Wildman–Crippen LogP) is 4.91. The highest BCUT2D eigenvalue weighted by molar-refractivity contribution is 5.62. The third-order valence-corrected chi connectivity index (χ3v) is 3.32. The molecule has 2 aromatic carbocycles. The lowest BCUT2D eigenvalue weighted by Crippen LogP contribution is -2.20. The van der Waals surface area contributed by atoms with Crippen molar-refractivity contribution in [3.8, 4) is 11.8 Å². The van der Waals surface area contributed by atoms with Gasteiger partial charge >= 0.3 is 6.18 Å². The molecule has 2 rings (SSSR count). The summed E-state index contributed by atoms with van der Waals surface area (Å²) in [5.74, 6) is 5.86. The number of halogens is 3. The van der Waals surface area contributed by atoms with E-state index < -0.39 is 17.3 Å². The molecule has 0 bridgehead atoms. The van der Waals surface area contributed by atoms with Gasteiger partial charge in [-0.3, -0.25) is 0 Å². The summed E-state index contributed by atoms with van der Waals surface area (Å²) in [4.78, 5) is 0. The van der Waals surface area contributed by atoms with E-state index in [1.807, 2.05) is 30.3 Å². The van der Waals surface area contributed by atoms with Gasteiger partial charge in [0.25, 0.3) is 0 Å². The summed E-state index contributed by atoms with van der Waals surface area (Å²) in [6, 6.07) is 14.0. The van der Waals surface area contributed by atoms with E-state index in [0.29, 0.717) is 11.1 Å². The van der Waals surface area contributed by atoms with Gasteiger partial charge in [-0.15, -0.1) is 0 Å². The SMILES string of the molecule is CC(C)(O)/C(C#Cc1ccccc1)=C/c1ccc(C(F)(F)F)cc1. The Labute approximate surface area is 139 Å². The maximum absolute atomic E-state index is 12.6. The second-order valence-corrected chi connectivity index (χ2v) is 5.85. The number of alkyl halides is 3. The van der Waals surface area contributed by atoms with Gasteiger partial charge in [0.05, 0.1) is 11.2 Å². The lowest BCUT2D eigenvalue weighted by atomic mass is 9.95. The first-order chi connectivity index (χ1) is 11.2. The van der Waals surface area contributed by atoms with Crippen LogP contribution in [0, 0.1) is 11.8 Å². The van der Waals surface area contributed by atoms with Gasteiger partial charge in [0, 0.05) is 11.1 Å². The predicted molar refractivity (Wildman–Crippen MR) is 89.0 cm³/mol. The van der Waals surface area contributed by atoms with E-state index in [1.54, 1.807) is 19.9 Å². The number of rotatable bonds is 2. The normalized spacial score (nSPS) is 12.5. The van der Waals surface area contributed by atoms with E-state index in [9.17, 15) is 18.3 Å². The Morgan fingerprint density at radius 3 is 2.04 bits per heavy atom. The second kappa shape index (κ2) is 6.94. The number of hydrogen-bond acceptors (Lipinski definition) is 1. The summed E-state index contributed by atoms with van der Waals surface area (Å²) in [7, 11) is 0. The highest BCUT2D eigenvalue weighted by Crippen LogP contribution is 2.29. The van der Waals surface area contributed by atoms with Crippen LogP contribution in [0.15, 0.2) is 60.2 Å². The van der Waals surface area contributed by atoms with Gasteiger partial charge in [-0.2, -0.15) is 13.2 Å². The average molecular weight is 330 g/mol. The van der Waals surface area contributed by atoms with Gasteiger partial charge in [0.2, 0.25) is 0 Å². The van der Waals surface area contributed by atoms with Gasteiger partial charge < -0.3 is 5.11 Å². The van der Waals surface area contributed by atoms with Crippen LogP contribution in [0.4, 0.5) is 13.2 Å². The highest BCUT2D eigenvalue weighted by atomic mass is 19.4. The molecule has 0 fully saturated rings. The molecule has 0 radical (unpaired) electrons. The van der Waals surface area contributed by atoms with Gasteiger partial charge in [0.15, 0.2) is 0 Å². The molecule has 0 atom stereocenters. The van der Waals surface area contributed by atoms with Crippen LogP contribution in [-0.2, 0) is 6.18 Å². The molecule has 1 N–H and O–H groups in total. The van der Waals surface area contributed by atoms with Gasteiger partial charge in [-0.1, -0.05) is 42.2 Å². The van der Waals surface area contributed by atoms with Crippen molar-refractivity contribution < 1.29 is 18.3 Å². The molecule has 2 aromatic rings. The molecule has 0 aliphatic heterocycles. The monoisotopic (exact) mass is 330 g/mol. The van der Waals surface area contributed by atoms with Crippen LogP contribution in [0.2, 0.25) is 0 Å². The zero-order valence-electron chi connectivity index (χ0n) is 13.4. The Morgan fingerprint density at radius 2 is 1.54 bits per heavy atom. The molecular weight excluding hydrogens is 313 g/mol. The summed E-state index contributed by atoms with van der Waals surface area (Å²) in [6.07, 6.45) is -2.77. The Morgan fingerprint density at radius 1 is 0.958 bits per heavy atom. The molecule has 1 nitrogen and oxygen atoms in total. The lowest BCUT2D eigenvalue weighted by molar-refractivity contribution is -0.137. The van der Waals surface area contributed by atoms with Gasteiger partial charge in [0.1, 0.15) is 0 Å². The minimum Gasteiger partial charge on any atom is -0.385 e. The molecule has 0 heterocycles.